The van der Waals surface area contributed by atoms with Crippen LogP contribution in [0.15, 0.2) is 54.6 Å². The van der Waals surface area contributed by atoms with E-state index < -0.39 is 5.41 Å². The van der Waals surface area contributed by atoms with Gasteiger partial charge in [-0.05, 0) is 49.6 Å². The minimum absolute atomic E-state index is 0.178. The van der Waals surface area contributed by atoms with Crippen molar-refractivity contribution in [2.24, 2.45) is 5.41 Å². The highest BCUT2D eigenvalue weighted by atomic mass is 79.9. The lowest BCUT2D eigenvalue weighted by atomic mass is 9.97. The van der Waals surface area contributed by atoms with E-state index in [1.165, 1.54) is 0 Å². The lowest BCUT2D eigenvalue weighted by Crippen LogP contribution is -2.23. The zero-order valence-electron chi connectivity index (χ0n) is 16.2. The first kappa shape index (κ1) is 21.2. The molecule has 0 spiro atoms. The minimum Gasteiger partial charge on any atom is -0.493 e. The monoisotopic (exact) mass is 430 g/mol. The number of esters is 1. The average molecular weight is 431 g/mol. The predicted octanol–water partition coefficient (Wildman–Crippen LogP) is 5.98. The Morgan fingerprint density at radius 3 is 2.26 bits per heavy atom. The van der Waals surface area contributed by atoms with Crippen LogP contribution in [0.4, 0.5) is 0 Å². The van der Waals surface area contributed by atoms with E-state index in [-0.39, 0.29) is 5.97 Å². The van der Waals surface area contributed by atoms with Crippen molar-refractivity contribution in [3.05, 3.63) is 65.7 Å². The number of hydrogen-bond acceptors (Lipinski definition) is 3. The Balaban J connectivity index is 2.13. The number of hydrogen-bond donors (Lipinski definition) is 0. The number of ether oxygens (including phenoxy) is 2. The average Bonchev–Trinajstić information content (AvgIpc) is 2.66. The van der Waals surface area contributed by atoms with Crippen molar-refractivity contribution in [2.45, 2.75) is 27.2 Å². The molecule has 0 aliphatic carbocycles. The Kier molecular flexibility index (Phi) is 8.11. The van der Waals surface area contributed by atoms with Gasteiger partial charge >= 0.3 is 5.97 Å². The molecular weight excluding hydrogens is 404 g/mol. The van der Waals surface area contributed by atoms with Gasteiger partial charge in [0.1, 0.15) is 5.75 Å². The van der Waals surface area contributed by atoms with Gasteiger partial charge < -0.3 is 9.47 Å². The van der Waals surface area contributed by atoms with Crippen molar-refractivity contribution in [1.29, 1.82) is 0 Å². The number of halogens is 1. The van der Waals surface area contributed by atoms with E-state index in [2.05, 4.69) is 34.1 Å². The van der Waals surface area contributed by atoms with Gasteiger partial charge in [0, 0.05) is 11.8 Å². The molecule has 0 saturated carbocycles. The van der Waals surface area contributed by atoms with Crippen LogP contribution in [0.2, 0.25) is 0 Å². The summed E-state index contributed by atoms with van der Waals surface area (Å²) in [5, 5.41) is 0.806. The predicted molar refractivity (Wildman–Crippen MR) is 115 cm³/mol. The molecule has 0 amide bonds. The fourth-order valence-corrected chi connectivity index (χ4v) is 2.60. The van der Waals surface area contributed by atoms with Gasteiger partial charge in [-0.2, -0.15) is 0 Å². The van der Waals surface area contributed by atoms with Gasteiger partial charge in [-0.3, -0.25) is 4.79 Å². The molecule has 0 radical (unpaired) electrons. The first-order valence-corrected chi connectivity index (χ1v) is 10.2. The van der Waals surface area contributed by atoms with E-state index in [0.29, 0.717) is 19.6 Å². The van der Waals surface area contributed by atoms with E-state index in [4.69, 9.17) is 9.47 Å². The van der Waals surface area contributed by atoms with Gasteiger partial charge in [0.25, 0.3) is 0 Å². The first-order valence-electron chi connectivity index (χ1n) is 9.12. The second-order valence-corrected chi connectivity index (χ2v) is 8.07. The molecule has 0 unspecified atom stereocenters. The Labute approximate surface area is 170 Å². The summed E-state index contributed by atoms with van der Waals surface area (Å²) in [6, 6.07) is 18.2. The highest BCUT2D eigenvalue weighted by molar-refractivity contribution is 9.09. The molecule has 4 heteroatoms. The van der Waals surface area contributed by atoms with Crippen molar-refractivity contribution in [3.63, 3.8) is 0 Å². The topological polar surface area (TPSA) is 35.5 Å². The highest BCUT2D eigenvalue weighted by Crippen LogP contribution is 2.24. The lowest BCUT2D eigenvalue weighted by Gasteiger charge is -2.17. The van der Waals surface area contributed by atoms with Crippen LogP contribution in [0.5, 0.6) is 5.75 Å². The quantitative estimate of drug-likeness (QED) is 0.293. The summed E-state index contributed by atoms with van der Waals surface area (Å²) >= 11 is 3.36. The van der Waals surface area contributed by atoms with Crippen LogP contribution in [-0.2, 0) is 9.53 Å². The summed E-state index contributed by atoms with van der Waals surface area (Å²) in [5.41, 5.74) is 2.86. The van der Waals surface area contributed by atoms with E-state index in [1.54, 1.807) is 0 Å². The minimum atomic E-state index is -0.485. The molecule has 0 aliphatic rings. The molecule has 0 bridgehead atoms. The van der Waals surface area contributed by atoms with Crippen LogP contribution < -0.4 is 4.74 Å². The van der Waals surface area contributed by atoms with E-state index in [1.807, 2.05) is 63.2 Å². The third kappa shape index (κ3) is 7.22. The Morgan fingerprint density at radius 1 is 1.00 bits per heavy atom. The second kappa shape index (κ2) is 10.3. The van der Waals surface area contributed by atoms with Gasteiger partial charge in [0.05, 0.1) is 18.6 Å². The molecule has 2 rings (SSSR count). The van der Waals surface area contributed by atoms with E-state index in [0.717, 1.165) is 27.8 Å². The van der Waals surface area contributed by atoms with Crippen molar-refractivity contribution in [1.82, 2.24) is 0 Å². The Bertz CT molecular complexity index is 743. The van der Waals surface area contributed by atoms with E-state index in [9.17, 15) is 4.79 Å². The zero-order valence-corrected chi connectivity index (χ0v) is 17.8. The van der Waals surface area contributed by atoms with Crippen molar-refractivity contribution in [3.8, 4) is 5.75 Å². The number of alkyl halides is 1. The van der Waals surface area contributed by atoms with Crippen molar-refractivity contribution >= 4 is 33.5 Å². The van der Waals surface area contributed by atoms with Gasteiger partial charge in [-0.25, -0.2) is 0 Å². The molecule has 2 aromatic rings. The molecule has 0 aromatic heterocycles. The first-order chi connectivity index (χ1) is 12.9. The summed E-state index contributed by atoms with van der Waals surface area (Å²) < 4.78 is 11.1. The summed E-state index contributed by atoms with van der Waals surface area (Å²) in [7, 11) is 0. The molecule has 27 heavy (non-hydrogen) atoms. The lowest BCUT2D eigenvalue weighted by molar-refractivity contribution is -0.152. The van der Waals surface area contributed by atoms with Gasteiger partial charge in [0.2, 0.25) is 0 Å². The van der Waals surface area contributed by atoms with Crippen LogP contribution in [0.25, 0.3) is 11.6 Å². The number of benzene rings is 2. The number of rotatable bonds is 8. The molecule has 0 N–H and O–H groups in total. The van der Waals surface area contributed by atoms with Gasteiger partial charge in [0.15, 0.2) is 0 Å². The second-order valence-electron chi connectivity index (χ2n) is 7.28. The summed E-state index contributed by atoms with van der Waals surface area (Å²) in [4.78, 5) is 12.0. The standard InChI is InChI=1S/C23H27BrO3/c1-23(2,3)22(25)27-15-13-20(19-7-5-4-6-8-19)17-18-9-11-21(12-10-18)26-16-14-24/h4-12,17H,13-16H2,1-3H3. The molecule has 0 atom stereocenters. The fourth-order valence-electron chi connectivity index (χ4n) is 2.44. The smallest absolute Gasteiger partial charge is 0.311 e. The summed E-state index contributed by atoms with van der Waals surface area (Å²) in [6.07, 6.45) is 2.79. The van der Waals surface area contributed by atoms with Crippen molar-refractivity contribution < 1.29 is 14.3 Å². The summed E-state index contributed by atoms with van der Waals surface area (Å²) in [6.45, 7) is 6.60. The Morgan fingerprint density at radius 2 is 1.67 bits per heavy atom. The zero-order chi connectivity index (χ0) is 19.7. The van der Waals surface area contributed by atoms with Gasteiger partial charge in [-0.1, -0.05) is 64.5 Å². The van der Waals surface area contributed by atoms with Crippen LogP contribution in [0.1, 0.15) is 38.3 Å². The molecule has 3 nitrogen and oxygen atoms in total. The normalized spacial score (nSPS) is 11.9. The largest absolute Gasteiger partial charge is 0.493 e. The molecule has 0 aliphatic heterocycles. The van der Waals surface area contributed by atoms with Crippen LogP contribution in [-0.4, -0.2) is 24.5 Å². The highest BCUT2D eigenvalue weighted by Gasteiger charge is 2.22. The van der Waals surface area contributed by atoms with Gasteiger partial charge in [-0.15, -0.1) is 0 Å². The van der Waals surface area contributed by atoms with E-state index >= 15 is 0 Å². The van der Waals surface area contributed by atoms with Crippen LogP contribution >= 0.6 is 15.9 Å². The molecule has 0 saturated heterocycles. The third-order valence-corrected chi connectivity index (χ3v) is 4.25. The SMILES string of the molecule is CC(C)(C)C(=O)OCCC(=Cc1ccc(OCCBr)cc1)c1ccccc1. The third-order valence-electron chi connectivity index (χ3n) is 3.93. The molecule has 0 heterocycles. The van der Waals surface area contributed by atoms with Crippen LogP contribution in [0, 0.1) is 5.41 Å². The maximum atomic E-state index is 12.0. The molecule has 0 fully saturated rings. The van der Waals surface area contributed by atoms with Crippen LogP contribution in [0.3, 0.4) is 0 Å². The maximum Gasteiger partial charge on any atom is 0.311 e. The summed E-state index contributed by atoms with van der Waals surface area (Å²) in [5.74, 6) is 0.676. The van der Waals surface area contributed by atoms with Crippen molar-refractivity contribution in [2.75, 3.05) is 18.5 Å². The fraction of sp³-hybridized carbons (Fsp3) is 0.348. The maximum absolute atomic E-state index is 12.0. The molecule has 144 valence electrons. The molecular formula is C23H27BrO3. The Hall–Kier alpha value is -2.07. The number of carbonyl (C=O) groups is 1. The number of carbonyl (C=O) groups excluding carboxylic acids is 1. The molecule has 2 aromatic carbocycles.